The van der Waals surface area contributed by atoms with Crippen molar-refractivity contribution >= 4 is 23.8 Å². The van der Waals surface area contributed by atoms with Gasteiger partial charge in [0, 0.05) is 44.4 Å². The van der Waals surface area contributed by atoms with Crippen LogP contribution < -0.4 is 14.8 Å². The van der Waals surface area contributed by atoms with Crippen LogP contribution in [0, 0.1) is 23.3 Å². The molecule has 0 radical (unpaired) electrons. The summed E-state index contributed by atoms with van der Waals surface area (Å²) in [6.45, 7) is 0.696. The third kappa shape index (κ3) is 14.9. The van der Waals surface area contributed by atoms with Gasteiger partial charge in [-0.15, -0.1) is 0 Å². The first-order chi connectivity index (χ1) is 27.4. The van der Waals surface area contributed by atoms with E-state index in [1.54, 1.807) is 0 Å². The number of aliphatic hydroxyl groups excluding tert-OH is 2. The number of halogens is 4. The van der Waals surface area contributed by atoms with Crippen molar-refractivity contribution in [2.24, 2.45) is 0 Å². The van der Waals surface area contributed by atoms with Crippen LogP contribution in [0.1, 0.15) is 33.6 Å². The van der Waals surface area contributed by atoms with Crippen LogP contribution in [0.2, 0.25) is 0 Å². The van der Waals surface area contributed by atoms with Gasteiger partial charge in [-0.1, -0.05) is 12.1 Å². The number of quaternary nitrogens is 2. The monoisotopic (exact) mass is 828 g/mol. The Morgan fingerprint density at radius 3 is 1.37 bits per heavy atom. The van der Waals surface area contributed by atoms with Crippen molar-refractivity contribution in [3.05, 3.63) is 107 Å². The Bertz CT molecular complexity index is 2150. The van der Waals surface area contributed by atoms with Crippen molar-refractivity contribution in [2.45, 2.75) is 25.0 Å². The number of aliphatic hydroxyl groups is 2. The van der Waals surface area contributed by atoms with Gasteiger partial charge in [0.05, 0.1) is 66.3 Å². The molecule has 12 nitrogen and oxygen atoms in total. The molecule has 0 saturated heterocycles. The zero-order chi connectivity index (χ0) is 44.4. The van der Waals surface area contributed by atoms with E-state index < -0.39 is 59.2 Å². The first-order valence-corrected chi connectivity index (χ1v) is 18.4. The summed E-state index contributed by atoms with van der Waals surface area (Å²) in [4.78, 5) is 50.6. The second kappa shape index (κ2) is 20.3. The van der Waals surface area contributed by atoms with Crippen LogP contribution >= 0.6 is 0 Å². The van der Waals surface area contributed by atoms with Gasteiger partial charge < -0.3 is 38.9 Å². The number of likely N-dealkylation sites (N-methyl/N-ethyl adjacent to an activating group) is 2. The lowest BCUT2D eigenvalue weighted by Crippen LogP contribution is -2.42. The summed E-state index contributed by atoms with van der Waals surface area (Å²) in [5, 5.41) is 22.6. The molecule has 0 aliphatic heterocycles. The van der Waals surface area contributed by atoms with Gasteiger partial charge in [0.25, 0.3) is 11.8 Å². The zero-order valence-electron chi connectivity index (χ0n) is 34.6. The van der Waals surface area contributed by atoms with Crippen molar-refractivity contribution in [1.82, 2.24) is 10.2 Å². The number of carbonyl (C=O) groups excluding carboxylic acids is 4. The summed E-state index contributed by atoms with van der Waals surface area (Å²) in [6.07, 6.45) is -2.28. The number of rotatable bonds is 14. The smallest absolute Gasteiger partial charge is 0.314 e. The van der Waals surface area contributed by atoms with E-state index in [4.69, 9.17) is 9.47 Å². The maximum atomic E-state index is 14.2. The predicted molar refractivity (Wildman–Crippen MR) is 213 cm³/mol. The van der Waals surface area contributed by atoms with Crippen LogP contribution in [0.4, 0.5) is 17.6 Å². The number of nitrogens with one attached hydrogen (secondary N) is 1. The second-order valence-electron chi connectivity index (χ2n) is 16.1. The summed E-state index contributed by atoms with van der Waals surface area (Å²) in [5.41, 5.74) is 0.945. The predicted octanol–water partition coefficient (Wildman–Crippen LogP) is 5.05. The number of nitrogens with zero attached hydrogens (tertiary/aromatic N) is 3. The van der Waals surface area contributed by atoms with Gasteiger partial charge in [0.2, 0.25) is 0 Å². The molecular formula is C43H52F4N4O8+2. The number of hydrogen-bond donors (Lipinski definition) is 3. The summed E-state index contributed by atoms with van der Waals surface area (Å²) in [5.74, 6) is -5.36. The molecule has 2 amide bonds. The van der Waals surface area contributed by atoms with Crippen molar-refractivity contribution in [2.75, 3.05) is 76.5 Å². The summed E-state index contributed by atoms with van der Waals surface area (Å²) >= 11 is 0. The number of hydrogen-bond acceptors (Lipinski definition) is 8. The van der Waals surface area contributed by atoms with Crippen molar-refractivity contribution < 1.29 is 65.4 Å². The molecule has 0 spiro atoms. The lowest BCUT2D eigenvalue weighted by atomic mass is 10.0. The fraction of sp³-hybridized carbons (Fsp3) is 0.349. The van der Waals surface area contributed by atoms with E-state index in [-0.39, 0.29) is 46.6 Å². The Balaban J connectivity index is 0.000000316. The minimum atomic E-state index is -0.905. The molecule has 0 aliphatic rings. The van der Waals surface area contributed by atoms with Gasteiger partial charge in [0.1, 0.15) is 60.1 Å². The highest BCUT2D eigenvalue weighted by molar-refractivity contribution is 5.99. The molecule has 59 heavy (non-hydrogen) atoms. The van der Waals surface area contributed by atoms with Crippen LogP contribution in [0.25, 0.3) is 22.3 Å². The summed E-state index contributed by atoms with van der Waals surface area (Å²) in [6, 6.07) is 14.7. The molecule has 16 heteroatoms. The SMILES string of the molecule is CN(C)C(=O)c1cc(-c2ccc(F)cc2F)ccc1OC(=O)CC(O)C[N+](C)(C)C.CNC(=O)c1cc(-c2ccc(F)cc2F)ccc1OC(=O)CC(O)C[N+](C)(C)C. The molecule has 4 rings (SSSR count). The highest BCUT2D eigenvalue weighted by atomic mass is 19.1. The number of ether oxygens (including phenoxy) is 2. The van der Waals surface area contributed by atoms with Crippen LogP contribution in [0.15, 0.2) is 72.8 Å². The van der Waals surface area contributed by atoms with Gasteiger partial charge in [0.15, 0.2) is 0 Å². The quantitative estimate of drug-likeness (QED) is 0.0695. The highest BCUT2D eigenvalue weighted by Gasteiger charge is 2.25. The molecule has 4 aromatic rings. The van der Waals surface area contributed by atoms with Crippen LogP contribution in [0.3, 0.4) is 0 Å². The molecule has 0 fully saturated rings. The van der Waals surface area contributed by atoms with Crippen LogP contribution in [-0.4, -0.2) is 137 Å². The Kier molecular flexibility index (Phi) is 16.4. The molecule has 4 aromatic carbocycles. The summed E-state index contributed by atoms with van der Waals surface area (Å²) in [7, 11) is 15.8. The molecular weight excluding hydrogens is 776 g/mol. The largest absolute Gasteiger partial charge is 0.426 e. The molecule has 2 unspecified atom stereocenters. The van der Waals surface area contributed by atoms with Gasteiger partial charge >= 0.3 is 11.9 Å². The van der Waals surface area contributed by atoms with Gasteiger partial charge in [-0.25, -0.2) is 17.6 Å². The van der Waals surface area contributed by atoms with Crippen molar-refractivity contribution in [3.63, 3.8) is 0 Å². The van der Waals surface area contributed by atoms with Gasteiger partial charge in [-0.3, -0.25) is 19.2 Å². The molecule has 0 heterocycles. The topological polar surface area (TPSA) is 142 Å². The van der Waals surface area contributed by atoms with Crippen molar-refractivity contribution in [3.8, 4) is 33.8 Å². The Morgan fingerprint density at radius 1 is 0.627 bits per heavy atom. The lowest BCUT2D eigenvalue weighted by molar-refractivity contribution is -0.873. The number of carbonyl (C=O) groups is 4. The molecule has 318 valence electrons. The maximum Gasteiger partial charge on any atom is 0.314 e. The molecule has 2 atom stereocenters. The van der Waals surface area contributed by atoms with E-state index in [9.17, 15) is 47.0 Å². The number of amides is 2. The molecule has 0 saturated carbocycles. The lowest BCUT2D eigenvalue weighted by Gasteiger charge is -2.26. The second-order valence-corrected chi connectivity index (χ2v) is 16.1. The molecule has 0 bridgehead atoms. The molecule has 3 N–H and O–H groups in total. The van der Waals surface area contributed by atoms with E-state index in [0.717, 1.165) is 24.3 Å². The summed E-state index contributed by atoms with van der Waals surface area (Å²) < 4.78 is 66.2. The van der Waals surface area contributed by atoms with Gasteiger partial charge in [-0.05, 0) is 59.7 Å². The third-order valence-corrected chi connectivity index (χ3v) is 8.32. The zero-order valence-corrected chi connectivity index (χ0v) is 34.6. The number of benzene rings is 4. The van der Waals surface area contributed by atoms with E-state index in [0.29, 0.717) is 33.2 Å². The average Bonchev–Trinajstić information content (AvgIpc) is 3.10. The first kappa shape index (κ1) is 47.7. The van der Waals surface area contributed by atoms with E-state index in [1.165, 1.54) is 74.6 Å². The normalized spacial score (nSPS) is 12.4. The van der Waals surface area contributed by atoms with Crippen LogP contribution in [0.5, 0.6) is 11.5 Å². The third-order valence-electron chi connectivity index (χ3n) is 8.32. The van der Waals surface area contributed by atoms with Crippen LogP contribution in [-0.2, 0) is 9.59 Å². The fourth-order valence-corrected chi connectivity index (χ4v) is 5.85. The highest BCUT2D eigenvalue weighted by Crippen LogP contribution is 2.31. The molecule has 0 aliphatic carbocycles. The van der Waals surface area contributed by atoms with E-state index >= 15 is 0 Å². The first-order valence-electron chi connectivity index (χ1n) is 18.4. The Labute approximate surface area is 341 Å². The van der Waals surface area contributed by atoms with E-state index in [1.807, 2.05) is 42.3 Å². The average molecular weight is 829 g/mol. The Hall–Kier alpha value is -5.68. The minimum Gasteiger partial charge on any atom is -0.426 e. The Morgan fingerprint density at radius 2 is 1.02 bits per heavy atom. The van der Waals surface area contributed by atoms with Crippen molar-refractivity contribution in [1.29, 1.82) is 0 Å². The van der Waals surface area contributed by atoms with Gasteiger partial charge in [-0.2, -0.15) is 0 Å². The van der Waals surface area contributed by atoms with E-state index in [2.05, 4.69) is 5.32 Å². The fourth-order valence-electron chi connectivity index (χ4n) is 5.85. The standard InChI is InChI=1S/C22H27F2N2O4.C21H24F2N2O4/c1-25(2)22(29)18-10-14(17-8-7-15(23)11-19(17)24)6-9-20(18)30-21(28)12-16(27)13-26(3,4)5;1-24-21(28)17-9-13(16-7-6-14(22)10-18(16)23)5-8-19(17)29-20(27)11-15(26)12-25(2,3)4/h6-11,16,27H,12-13H2,1-5H3;5-10,15,26H,11-12H2,1-4H3/q+1;/p+1. The minimum absolute atomic E-state index is 0.00224. The number of esters is 2. The maximum absolute atomic E-state index is 14.2. The molecule has 0 aromatic heterocycles.